The van der Waals surface area contributed by atoms with Gasteiger partial charge in [-0.1, -0.05) is 24.3 Å². The molecular formula is C15H14F3N. The number of halogens is 3. The van der Waals surface area contributed by atoms with Crippen LogP contribution in [0.1, 0.15) is 22.3 Å². The number of anilines is 1. The summed E-state index contributed by atoms with van der Waals surface area (Å²) in [5.74, 6) is 0. The molecule has 0 saturated heterocycles. The Morgan fingerprint density at radius 2 is 1.63 bits per heavy atom. The topological polar surface area (TPSA) is 26.0 Å². The molecule has 0 radical (unpaired) electrons. The zero-order valence-electron chi connectivity index (χ0n) is 10.5. The summed E-state index contributed by atoms with van der Waals surface area (Å²) in [6.07, 6.45) is -3.76. The van der Waals surface area contributed by atoms with Crippen molar-refractivity contribution in [2.45, 2.75) is 19.5 Å². The maximum atomic E-state index is 12.4. The molecule has 0 atom stereocenters. The number of benzene rings is 2. The number of nitrogens with two attached hydrogens (primary N) is 1. The van der Waals surface area contributed by atoms with Gasteiger partial charge in [-0.3, -0.25) is 0 Å². The summed E-state index contributed by atoms with van der Waals surface area (Å²) in [6.45, 7) is 1.94. The largest absolute Gasteiger partial charge is 0.416 e. The Kier molecular flexibility index (Phi) is 3.51. The summed E-state index contributed by atoms with van der Waals surface area (Å²) in [7, 11) is 0. The first-order chi connectivity index (χ1) is 8.86. The fraction of sp³-hybridized carbons (Fsp3) is 0.200. The summed E-state index contributed by atoms with van der Waals surface area (Å²) >= 11 is 0. The second-order valence-corrected chi connectivity index (χ2v) is 4.57. The highest BCUT2D eigenvalue weighted by Crippen LogP contribution is 2.29. The van der Waals surface area contributed by atoms with E-state index in [4.69, 9.17) is 5.73 Å². The Bertz CT molecular complexity index is 571. The molecule has 2 aromatic carbocycles. The third kappa shape index (κ3) is 3.28. The molecule has 2 N–H and O–H groups in total. The monoisotopic (exact) mass is 265 g/mol. The van der Waals surface area contributed by atoms with Gasteiger partial charge in [0.1, 0.15) is 0 Å². The molecule has 1 nitrogen and oxygen atoms in total. The van der Waals surface area contributed by atoms with Gasteiger partial charge >= 0.3 is 6.18 Å². The second-order valence-electron chi connectivity index (χ2n) is 4.57. The molecule has 2 rings (SSSR count). The van der Waals surface area contributed by atoms with E-state index in [1.807, 2.05) is 25.1 Å². The third-order valence-electron chi connectivity index (χ3n) is 2.98. The lowest BCUT2D eigenvalue weighted by Crippen LogP contribution is -2.04. The van der Waals surface area contributed by atoms with Crippen LogP contribution < -0.4 is 5.73 Å². The lowest BCUT2D eigenvalue weighted by atomic mass is 10.0. The zero-order chi connectivity index (χ0) is 14.0. The average molecular weight is 265 g/mol. The van der Waals surface area contributed by atoms with Crippen molar-refractivity contribution in [1.29, 1.82) is 0 Å². The number of alkyl halides is 3. The van der Waals surface area contributed by atoms with Gasteiger partial charge < -0.3 is 5.73 Å². The molecule has 0 fully saturated rings. The molecule has 0 bridgehead atoms. The highest BCUT2D eigenvalue weighted by atomic mass is 19.4. The maximum Gasteiger partial charge on any atom is 0.416 e. The van der Waals surface area contributed by atoms with Crippen molar-refractivity contribution in [3.05, 3.63) is 64.7 Å². The molecule has 0 aromatic heterocycles. The van der Waals surface area contributed by atoms with Crippen LogP contribution in [0, 0.1) is 6.92 Å². The number of hydrogen-bond acceptors (Lipinski definition) is 1. The van der Waals surface area contributed by atoms with Crippen LogP contribution in [0.15, 0.2) is 42.5 Å². The van der Waals surface area contributed by atoms with Gasteiger partial charge in [0, 0.05) is 5.69 Å². The Labute approximate surface area is 109 Å². The molecule has 2 aromatic rings. The van der Waals surface area contributed by atoms with Crippen LogP contribution in [0.4, 0.5) is 18.9 Å². The van der Waals surface area contributed by atoms with Crippen LogP contribution in [0.3, 0.4) is 0 Å². The van der Waals surface area contributed by atoms with E-state index in [1.54, 1.807) is 0 Å². The smallest absolute Gasteiger partial charge is 0.398 e. The van der Waals surface area contributed by atoms with Crippen LogP contribution in [0.5, 0.6) is 0 Å². The minimum absolute atomic E-state index is 0.532. The van der Waals surface area contributed by atoms with Gasteiger partial charge in [0.05, 0.1) is 5.56 Å². The average Bonchev–Trinajstić information content (AvgIpc) is 2.32. The molecular weight excluding hydrogens is 251 g/mol. The zero-order valence-corrected chi connectivity index (χ0v) is 10.5. The van der Waals surface area contributed by atoms with Crippen LogP contribution in [-0.2, 0) is 12.6 Å². The number of rotatable bonds is 2. The van der Waals surface area contributed by atoms with E-state index in [0.717, 1.165) is 28.8 Å². The summed E-state index contributed by atoms with van der Waals surface area (Å²) in [5.41, 5.74) is 8.72. The molecule has 0 spiro atoms. The van der Waals surface area contributed by atoms with Gasteiger partial charge in [0.25, 0.3) is 0 Å². The van der Waals surface area contributed by atoms with Gasteiger partial charge in [-0.05, 0) is 48.2 Å². The molecule has 19 heavy (non-hydrogen) atoms. The number of hydrogen-bond donors (Lipinski definition) is 1. The van der Waals surface area contributed by atoms with Gasteiger partial charge in [0.2, 0.25) is 0 Å². The predicted molar refractivity (Wildman–Crippen MR) is 69.8 cm³/mol. The lowest BCUT2D eigenvalue weighted by molar-refractivity contribution is -0.137. The third-order valence-corrected chi connectivity index (χ3v) is 2.98. The van der Waals surface area contributed by atoms with Gasteiger partial charge in [-0.15, -0.1) is 0 Å². The molecule has 0 amide bonds. The molecule has 100 valence electrons. The first kappa shape index (κ1) is 13.5. The second kappa shape index (κ2) is 4.96. The first-order valence-corrected chi connectivity index (χ1v) is 5.87. The SMILES string of the molecule is Cc1ccc(Cc2ccc(C(F)(F)F)cc2)c(N)c1. The highest BCUT2D eigenvalue weighted by molar-refractivity contribution is 5.50. The van der Waals surface area contributed by atoms with E-state index in [-0.39, 0.29) is 0 Å². The van der Waals surface area contributed by atoms with Crippen LogP contribution in [-0.4, -0.2) is 0 Å². The fourth-order valence-electron chi connectivity index (χ4n) is 1.91. The van der Waals surface area contributed by atoms with Crippen LogP contribution in [0.2, 0.25) is 0 Å². The minimum Gasteiger partial charge on any atom is -0.398 e. The van der Waals surface area contributed by atoms with Gasteiger partial charge in [-0.2, -0.15) is 13.2 Å². The minimum atomic E-state index is -4.29. The standard InChI is InChI=1S/C15H14F3N/c1-10-2-5-12(14(19)8-10)9-11-3-6-13(7-4-11)15(16,17)18/h2-8H,9,19H2,1H3. The van der Waals surface area contributed by atoms with E-state index in [2.05, 4.69) is 0 Å². The molecule has 0 heterocycles. The van der Waals surface area contributed by atoms with Crippen molar-refractivity contribution in [2.75, 3.05) is 5.73 Å². The molecule has 0 aliphatic rings. The van der Waals surface area contributed by atoms with Crippen molar-refractivity contribution < 1.29 is 13.2 Å². The fourth-order valence-corrected chi connectivity index (χ4v) is 1.91. The summed E-state index contributed by atoms with van der Waals surface area (Å²) < 4.78 is 37.3. The van der Waals surface area contributed by atoms with Gasteiger partial charge in [0.15, 0.2) is 0 Å². The molecule has 4 heteroatoms. The van der Waals surface area contributed by atoms with Crippen molar-refractivity contribution in [3.8, 4) is 0 Å². The van der Waals surface area contributed by atoms with E-state index < -0.39 is 11.7 Å². The summed E-state index contributed by atoms with van der Waals surface area (Å²) in [6, 6.07) is 10.9. The summed E-state index contributed by atoms with van der Waals surface area (Å²) in [4.78, 5) is 0. The quantitative estimate of drug-likeness (QED) is 0.810. The van der Waals surface area contributed by atoms with Crippen LogP contribution >= 0.6 is 0 Å². The van der Waals surface area contributed by atoms with Crippen molar-refractivity contribution in [2.24, 2.45) is 0 Å². The maximum absolute atomic E-state index is 12.4. The summed E-state index contributed by atoms with van der Waals surface area (Å²) in [5, 5.41) is 0. The normalized spacial score (nSPS) is 11.6. The molecule has 0 aliphatic heterocycles. The van der Waals surface area contributed by atoms with E-state index in [0.29, 0.717) is 12.1 Å². The van der Waals surface area contributed by atoms with E-state index in [9.17, 15) is 13.2 Å². The Morgan fingerprint density at radius 3 is 2.16 bits per heavy atom. The molecule has 0 aliphatic carbocycles. The molecule has 0 saturated carbocycles. The highest BCUT2D eigenvalue weighted by Gasteiger charge is 2.29. The predicted octanol–water partition coefficient (Wildman–Crippen LogP) is 4.19. The van der Waals surface area contributed by atoms with Crippen molar-refractivity contribution >= 4 is 5.69 Å². The number of nitrogen functional groups attached to an aromatic ring is 1. The van der Waals surface area contributed by atoms with Crippen molar-refractivity contribution in [3.63, 3.8) is 0 Å². The lowest BCUT2D eigenvalue weighted by Gasteiger charge is -2.09. The van der Waals surface area contributed by atoms with Crippen molar-refractivity contribution in [1.82, 2.24) is 0 Å². The molecule has 0 unspecified atom stereocenters. The van der Waals surface area contributed by atoms with Crippen LogP contribution in [0.25, 0.3) is 0 Å². The first-order valence-electron chi connectivity index (χ1n) is 5.87. The Hall–Kier alpha value is -1.97. The van der Waals surface area contributed by atoms with Gasteiger partial charge in [-0.25, -0.2) is 0 Å². The Balaban J connectivity index is 2.20. The van der Waals surface area contributed by atoms with E-state index >= 15 is 0 Å². The Morgan fingerprint density at radius 1 is 1.00 bits per heavy atom. The number of aryl methyl sites for hydroxylation is 1. The van der Waals surface area contributed by atoms with E-state index in [1.165, 1.54) is 12.1 Å².